The Morgan fingerprint density at radius 1 is 1.38 bits per heavy atom. The van der Waals surface area contributed by atoms with Crippen LogP contribution in [0.3, 0.4) is 0 Å². The molecule has 0 aromatic heterocycles. The minimum absolute atomic E-state index is 0.0100. The summed E-state index contributed by atoms with van der Waals surface area (Å²) in [7, 11) is 0. The number of hydrogen-bond donors (Lipinski definition) is 3. The molecule has 21 heavy (non-hydrogen) atoms. The lowest BCUT2D eigenvalue weighted by Crippen LogP contribution is -2.23. The third-order valence-electron chi connectivity index (χ3n) is 3.41. The van der Waals surface area contributed by atoms with Gasteiger partial charge in [0.2, 0.25) is 11.8 Å². The van der Waals surface area contributed by atoms with E-state index in [9.17, 15) is 9.59 Å². The molecule has 6 heteroatoms. The van der Waals surface area contributed by atoms with Crippen LogP contribution in [0.2, 0.25) is 0 Å². The lowest BCUT2D eigenvalue weighted by atomic mass is 10.1. The maximum Gasteiger partial charge on any atom is 0.227 e. The van der Waals surface area contributed by atoms with Crippen LogP contribution in [-0.4, -0.2) is 30.2 Å². The van der Waals surface area contributed by atoms with Gasteiger partial charge < -0.3 is 16.4 Å². The maximum atomic E-state index is 12.0. The van der Waals surface area contributed by atoms with Crippen molar-refractivity contribution in [3.8, 4) is 0 Å². The van der Waals surface area contributed by atoms with Gasteiger partial charge in [0.05, 0.1) is 11.4 Å². The number of thioether (sulfide) groups is 1. The van der Waals surface area contributed by atoms with Crippen LogP contribution in [0.25, 0.3) is 0 Å². The summed E-state index contributed by atoms with van der Waals surface area (Å²) in [4.78, 5) is 23.7. The Morgan fingerprint density at radius 3 is 2.90 bits per heavy atom. The summed E-state index contributed by atoms with van der Waals surface area (Å²) in [5.74, 6) is -0.150. The van der Waals surface area contributed by atoms with Gasteiger partial charge in [0.15, 0.2) is 0 Å². The van der Waals surface area contributed by atoms with E-state index in [2.05, 4.69) is 10.6 Å². The van der Waals surface area contributed by atoms with Crippen LogP contribution in [0, 0.1) is 0 Å². The molecule has 1 aromatic carbocycles. The van der Waals surface area contributed by atoms with Crippen LogP contribution < -0.4 is 16.4 Å². The first-order valence-electron chi connectivity index (χ1n) is 7.18. The average Bonchev–Trinajstić information content (AvgIpc) is 2.97. The zero-order chi connectivity index (χ0) is 15.1. The Balaban J connectivity index is 1.85. The quantitative estimate of drug-likeness (QED) is 0.670. The standard InChI is InChI=1S/C15H21N3O2S/c16-14(19)10-21-13-6-2-1-5-12(13)18-15(20)8-7-11-4-3-9-17-11/h1-2,5-6,11,17H,3-4,7-10H2,(H2,16,19)(H,18,20). The highest BCUT2D eigenvalue weighted by molar-refractivity contribution is 8.00. The lowest BCUT2D eigenvalue weighted by Gasteiger charge is -2.12. The van der Waals surface area contributed by atoms with E-state index in [1.54, 1.807) is 0 Å². The molecule has 0 radical (unpaired) electrons. The van der Waals surface area contributed by atoms with E-state index in [1.807, 2.05) is 24.3 Å². The number of amides is 2. The smallest absolute Gasteiger partial charge is 0.227 e. The highest BCUT2D eigenvalue weighted by atomic mass is 32.2. The number of anilines is 1. The van der Waals surface area contributed by atoms with Crippen LogP contribution in [0.1, 0.15) is 25.7 Å². The van der Waals surface area contributed by atoms with Gasteiger partial charge in [-0.25, -0.2) is 0 Å². The highest BCUT2D eigenvalue weighted by Gasteiger charge is 2.15. The molecule has 1 aromatic rings. The fraction of sp³-hybridized carbons (Fsp3) is 0.467. The summed E-state index contributed by atoms with van der Waals surface area (Å²) in [5.41, 5.74) is 5.90. The molecule has 1 heterocycles. The van der Waals surface area contributed by atoms with E-state index >= 15 is 0 Å². The SMILES string of the molecule is NC(=O)CSc1ccccc1NC(=O)CCC1CCCN1. The number of para-hydroxylation sites is 1. The Kier molecular flexibility index (Phi) is 6.07. The Bertz CT molecular complexity index is 501. The number of nitrogens with two attached hydrogens (primary N) is 1. The molecular weight excluding hydrogens is 286 g/mol. The summed E-state index contributed by atoms with van der Waals surface area (Å²) in [6.45, 7) is 1.05. The van der Waals surface area contributed by atoms with Gasteiger partial charge in [0, 0.05) is 17.4 Å². The third kappa shape index (κ3) is 5.40. The van der Waals surface area contributed by atoms with Crippen molar-refractivity contribution in [2.75, 3.05) is 17.6 Å². The third-order valence-corrected chi connectivity index (χ3v) is 4.51. The second-order valence-corrected chi connectivity index (χ2v) is 6.15. The number of hydrogen-bond acceptors (Lipinski definition) is 4. The first kappa shape index (κ1) is 15.9. The predicted molar refractivity (Wildman–Crippen MR) is 85.2 cm³/mol. The van der Waals surface area contributed by atoms with Crippen molar-refractivity contribution < 1.29 is 9.59 Å². The van der Waals surface area contributed by atoms with Crippen molar-refractivity contribution in [2.45, 2.75) is 36.6 Å². The van der Waals surface area contributed by atoms with Crippen LogP contribution >= 0.6 is 11.8 Å². The van der Waals surface area contributed by atoms with E-state index in [4.69, 9.17) is 5.73 Å². The molecule has 1 saturated heterocycles. The van der Waals surface area contributed by atoms with Gasteiger partial charge in [-0.1, -0.05) is 12.1 Å². The first-order chi connectivity index (χ1) is 10.1. The van der Waals surface area contributed by atoms with Gasteiger partial charge in [-0.15, -0.1) is 11.8 Å². The molecule has 4 N–H and O–H groups in total. The van der Waals surface area contributed by atoms with Crippen LogP contribution in [0.4, 0.5) is 5.69 Å². The predicted octanol–water partition coefficient (Wildman–Crippen LogP) is 1.73. The minimum atomic E-state index is -0.367. The summed E-state index contributed by atoms with van der Waals surface area (Å²) in [5, 5.41) is 6.30. The van der Waals surface area contributed by atoms with E-state index in [1.165, 1.54) is 18.2 Å². The Hall–Kier alpha value is -1.53. The number of carbonyl (C=O) groups is 2. The average molecular weight is 307 g/mol. The van der Waals surface area contributed by atoms with Gasteiger partial charge >= 0.3 is 0 Å². The molecular formula is C15H21N3O2S. The molecule has 0 bridgehead atoms. The molecule has 1 aliphatic heterocycles. The molecule has 0 saturated carbocycles. The normalized spacial score (nSPS) is 17.6. The van der Waals surface area contributed by atoms with E-state index in [0.717, 1.165) is 30.0 Å². The maximum absolute atomic E-state index is 12.0. The fourth-order valence-electron chi connectivity index (χ4n) is 2.37. The lowest BCUT2D eigenvalue weighted by molar-refractivity contribution is -0.116. The Labute approximate surface area is 129 Å². The fourth-order valence-corrected chi connectivity index (χ4v) is 3.11. The topological polar surface area (TPSA) is 84.2 Å². The molecule has 114 valence electrons. The van der Waals surface area contributed by atoms with Gasteiger partial charge in [0.1, 0.15) is 0 Å². The second-order valence-electron chi connectivity index (χ2n) is 5.13. The number of nitrogens with one attached hydrogen (secondary N) is 2. The van der Waals surface area contributed by atoms with Gasteiger partial charge in [-0.05, 0) is 37.9 Å². The molecule has 1 fully saturated rings. The van der Waals surface area contributed by atoms with Gasteiger partial charge in [0.25, 0.3) is 0 Å². The van der Waals surface area contributed by atoms with E-state index < -0.39 is 0 Å². The molecule has 2 amide bonds. The molecule has 0 spiro atoms. The van der Waals surface area contributed by atoms with Crippen molar-refractivity contribution in [3.63, 3.8) is 0 Å². The van der Waals surface area contributed by atoms with Crippen molar-refractivity contribution in [3.05, 3.63) is 24.3 Å². The molecule has 1 atom stereocenters. The first-order valence-corrected chi connectivity index (χ1v) is 8.17. The van der Waals surface area contributed by atoms with Crippen molar-refractivity contribution in [2.24, 2.45) is 5.73 Å². The van der Waals surface area contributed by atoms with Crippen molar-refractivity contribution in [1.82, 2.24) is 5.32 Å². The summed E-state index contributed by atoms with van der Waals surface area (Å²) >= 11 is 1.34. The van der Waals surface area contributed by atoms with E-state index in [-0.39, 0.29) is 17.6 Å². The monoisotopic (exact) mass is 307 g/mol. The van der Waals surface area contributed by atoms with Crippen LogP contribution in [0.15, 0.2) is 29.2 Å². The molecule has 1 aliphatic rings. The molecule has 5 nitrogen and oxygen atoms in total. The zero-order valence-corrected chi connectivity index (χ0v) is 12.7. The molecule has 0 aliphatic carbocycles. The van der Waals surface area contributed by atoms with Gasteiger partial charge in [-0.3, -0.25) is 9.59 Å². The highest BCUT2D eigenvalue weighted by Crippen LogP contribution is 2.27. The molecule has 2 rings (SSSR count). The Morgan fingerprint density at radius 2 is 2.19 bits per heavy atom. The summed E-state index contributed by atoms with van der Waals surface area (Å²) in [6, 6.07) is 7.93. The van der Waals surface area contributed by atoms with Crippen molar-refractivity contribution >= 4 is 29.3 Å². The molecule has 1 unspecified atom stereocenters. The van der Waals surface area contributed by atoms with E-state index in [0.29, 0.717) is 12.5 Å². The summed E-state index contributed by atoms with van der Waals surface area (Å²) in [6.07, 6.45) is 3.71. The van der Waals surface area contributed by atoms with Crippen LogP contribution in [0.5, 0.6) is 0 Å². The van der Waals surface area contributed by atoms with Crippen LogP contribution in [-0.2, 0) is 9.59 Å². The number of rotatable bonds is 7. The van der Waals surface area contributed by atoms with Crippen molar-refractivity contribution in [1.29, 1.82) is 0 Å². The minimum Gasteiger partial charge on any atom is -0.369 e. The number of carbonyl (C=O) groups excluding carboxylic acids is 2. The van der Waals surface area contributed by atoms with Gasteiger partial charge in [-0.2, -0.15) is 0 Å². The zero-order valence-electron chi connectivity index (χ0n) is 11.9. The largest absolute Gasteiger partial charge is 0.369 e. The number of benzene rings is 1. The second kappa shape index (κ2) is 8.05. The number of primary amides is 1. The summed E-state index contributed by atoms with van der Waals surface area (Å²) < 4.78 is 0.